The number of nitrogens with zero attached hydrogens (tertiary/aromatic N) is 1. The minimum atomic E-state index is -0.852. The number of phenols is 1. The van der Waals surface area contributed by atoms with Crippen LogP contribution in [0.5, 0.6) is 5.75 Å². The molecule has 2 bridgehead atoms. The molecule has 3 aliphatic rings. The van der Waals surface area contributed by atoms with Crippen LogP contribution in [-0.2, 0) is 16.6 Å². The van der Waals surface area contributed by atoms with Gasteiger partial charge in [-0.05, 0) is 56.1 Å². The molecule has 1 heterocycles. The van der Waals surface area contributed by atoms with Crippen LogP contribution in [0.1, 0.15) is 36.8 Å². The summed E-state index contributed by atoms with van der Waals surface area (Å²) in [5, 5.41) is 21.4. The molecule has 112 valence electrons. The summed E-state index contributed by atoms with van der Waals surface area (Å²) in [4.78, 5) is 14.4. The van der Waals surface area contributed by atoms with Gasteiger partial charge in [0.25, 0.3) is 0 Å². The largest absolute Gasteiger partial charge is 0.508 e. The first-order valence-corrected chi connectivity index (χ1v) is 7.73. The van der Waals surface area contributed by atoms with E-state index >= 15 is 0 Å². The molecule has 2 N–H and O–H groups in total. The molecule has 4 nitrogen and oxygen atoms in total. The molecule has 1 aliphatic heterocycles. The van der Waals surface area contributed by atoms with Gasteiger partial charge in [0.2, 0.25) is 0 Å². The number of likely N-dealkylation sites (tertiary alicyclic amines) is 1. The van der Waals surface area contributed by atoms with Gasteiger partial charge in [-0.15, -0.1) is 0 Å². The number of carbonyl (C=O) groups is 1. The Morgan fingerprint density at radius 3 is 2.95 bits per heavy atom. The third-order valence-corrected chi connectivity index (χ3v) is 6.11. The number of fused-ring (bicyclic) bond motifs is 1. The third-order valence-electron chi connectivity index (χ3n) is 6.11. The maximum atomic E-state index is 12.1. The fourth-order valence-electron chi connectivity index (χ4n) is 5.01. The Hall–Kier alpha value is -1.39. The molecule has 1 aromatic carbocycles. The molecule has 2 fully saturated rings. The van der Waals surface area contributed by atoms with Crippen LogP contribution in [0.15, 0.2) is 18.2 Å². The zero-order valence-corrected chi connectivity index (χ0v) is 12.3. The lowest BCUT2D eigenvalue weighted by Gasteiger charge is -2.62. The van der Waals surface area contributed by atoms with Crippen LogP contribution in [-0.4, -0.2) is 46.1 Å². The fraction of sp³-hybridized carbons (Fsp3) is 0.588. The van der Waals surface area contributed by atoms with Crippen molar-refractivity contribution < 1.29 is 15.0 Å². The highest BCUT2D eigenvalue weighted by Crippen LogP contribution is 2.57. The second kappa shape index (κ2) is 4.08. The van der Waals surface area contributed by atoms with Gasteiger partial charge in [0, 0.05) is 24.3 Å². The highest BCUT2D eigenvalue weighted by atomic mass is 16.3. The van der Waals surface area contributed by atoms with Crippen LogP contribution in [0.2, 0.25) is 0 Å². The Kier molecular flexibility index (Phi) is 2.58. The van der Waals surface area contributed by atoms with Gasteiger partial charge in [-0.25, -0.2) is 0 Å². The Labute approximate surface area is 124 Å². The Morgan fingerprint density at radius 1 is 1.33 bits per heavy atom. The number of piperidine rings is 1. The standard InChI is InChI=1S/C17H21NO3/c1-18-7-6-16-10-13(20)4-5-17(16,21)15(18)8-11-2-3-12(19)9-14(11)16/h2-3,9,15,19,21H,4-8,10H2,1H3/t15-,16-,17-/m1/s1. The number of rotatable bonds is 0. The summed E-state index contributed by atoms with van der Waals surface area (Å²) in [6, 6.07) is 5.51. The minimum Gasteiger partial charge on any atom is -0.508 e. The zero-order chi connectivity index (χ0) is 14.8. The summed E-state index contributed by atoms with van der Waals surface area (Å²) in [5.74, 6) is 0.458. The average Bonchev–Trinajstić information content (AvgIpc) is 2.45. The fourth-order valence-corrected chi connectivity index (χ4v) is 5.01. The monoisotopic (exact) mass is 287 g/mol. The topological polar surface area (TPSA) is 60.8 Å². The highest BCUT2D eigenvalue weighted by Gasteiger charge is 2.64. The smallest absolute Gasteiger partial charge is 0.134 e. The number of hydrogen-bond donors (Lipinski definition) is 2. The number of benzene rings is 1. The van der Waals surface area contributed by atoms with E-state index in [1.165, 1.54) is 5.56 Å². The van der Waals surface area contributed by atoms with Crippen LogP contribution in [0.3, 0.4) is 0 Å². The van der Waals surface area contributed by atoms with Crippen molar-refractivity contribution in [2.24, 2.45) is 0 Å². The van der Waals surface area contributed by atoms with Crippen LogP contribution in [0, 0.1) is 0 Å². The minimum absolute atomic E-state index is 0.0661. The normalized spacial score (nSPS) is 38.8. The Morgan fingerprint density at radius 2 is 2.14 bits per heavy atom. The van der Waals surface area contributed by atoms with E-state index in [2.05, 4.69) is 11.9 Å². The Bertz CT molecular complexity index is 628. The average molecular weight is 287 g/mol. The molecular weight excluding hydrogens is 266 g/mol. The van der Waals surface area contributed by atoms with Gasteiger partial charge in [-0.1, -0.05) is 6.07 Å². The van der Waals surface area contributed by atoms with Gasteiger partial charge in [0.15, 0.2) is 0 Å². The SMILES string of the molecule is CN1CC[C@]23CC(=O)CC[C@@]2(O)[C@H]1Cc1ccc(O)cc13. The van der Waals surface area contributed by atoms with E-state index in [9.17, 15) is 15.0 Å². The third kappa shape index (κ3) is 1.55. The highest BCUT2D eigenvalue weighted by molar-refractivity contribution is 5.82. The molecule has 0 unspecified atom stereocenters. The summed E-state index contributed by atoms with van der Waals surface area (Å²) in [7, 11) is 2.06. The second-order valence-electron chi connectivity index (χ2n) is 7.01. The number of ketones is 1. The lowest BCUT2D eigenvalue weighted by Crippen LogP contribution is -2.72. The maximum Gasteiger partial charge on any atom is 0.134 e. The predicted molar refractivity (Wildman–Crippen MR) is 78.3 cm³/mol. The number of Topliss-reactive ketones (excluding diaryl/α,β-unsaturated/α-hetero) is 1. The number of phenolic OH excluding ortho intramolecular Hbond substituents is 1. The molecule has 3 atom stereocenters. The summed E-state index contributed by atoms with van der Waals surface area (Å²) < 4.78 is 0. The number of likely N-dealkylation sites (N-methyl/N-ethyl adjacent to an activating group) is 1. The summed E-state index contributed by atoms with van der Waals surface area (Å²) >= 11 is 0. The molecule has 1 saturated carbocycles. The van der Waals surface area contributed by atoms with E-state index in [0.29, 0.717) is 19.3 Å². The van der Waals surface area contributed by atoms with Crippen molar-refractivity contribution in [2.75, 3.05) is 13.6 Å². The first-order chi connectivity index (χ1) is 9.96. The van der Waals surface area contributed by atoms with Crippen LogP contribution >= 0.6 is 0 Å². The van der Waals surface area contributed by atoms with Crippen molar-refractivity contribution in [3.63, 3.8) is 0 Å². The molecule has 0 amide bonds. The maximum absolute atomic E-state index is 12.1. The summed E-state index contributed by atoms with van der Waals surface area (Å²) in [6.45, 7) is 0.884. The van der Waals surface area contributed by atoms with Crippen LogP contribution in [0.4, 0.5) is 0 Å². The van der Waals surface area contributed by atoms with Gasteiger partial charge >= 0.3 is 0 Å². The van der Waals surface area contributed by atoms with E-state index in [1.807, 2.05) is 6.07 Å². The number of aromatic hydroxyl groups is 1. The zero-order valence-electron chi connectivity index (χ0n) is 12.3. The first-order valence-electron chi connectivity index (χ1n) is 7.73. The Balaban J connectivity index is 1.98. The van der Waals surface area contributed by atoms with Crippen LogP contribution < -0.4 is 0 Å². The number of carbonyl (C=O) groups excluding carboxylic acids is 1. The van der Waals surface area contributed by atoms with E-state index in [1.54, 1.807) is 12.1 Å². The van der Waals surface area contributed by atoms with E-state index in [0.717, 1.165) is 24.9 Å². The van der Waals surface area contributed by atoms with E-state index in [4.69, 9.17) is 0 Å². The molecule has 4 heteroatoms. The lowest BCUT2D eigenvalue weighted by molar-refractivity contribution is -0.168. The van der Waals surface area contributed by atoms with E-state index in [-0.39, 0.29) is 17.6 Å². The molecule has 4 rings (SSSR count). The molecule has 2 aliphatic carbocycles. The summed E-state index contributed by atoms with van der Waals surface area (Å²) in [5.41, 5.74) is 0.812. The van der Waals surface area contributed by atoms with Crippen molar-refractivity contribution in [3.05, 3.63) is 29.3 Å². The first kappa shape index (κ1) is 13.3. The molecular formula is C17H21NO3. The summed E-state index contributed by atoms with van der Waals surface area (Å²) in [6.07, 6.45) is 2.98. The van der Waals surface area contributed by atoms with Gasteiger partial charge in [-0.2, -0.15) is 0 Å². The van der Waals surface area contributed by atoms with Crippen molar-refractivity contribution in [2.45, 2.75) is 49.2 Å². The second-order valence-corrected chi connectivity index (χ2v) is 7.01. The van der Waals surface area contributed by atoms with Crippen LogP contribution in [0.25, 0.3) is 0 Å². The van der Waals surface area contributed by atoms with Gasteiger partial charge in [0.05, 0.1) is 5.60 Å². The molecule has 0 aromatic heterocycles. The van der Waals surface area contributed by atoms with Crippen molar-refractivity contribution >= 4 is 5.78 Å². The van der Waals surface area contributed by atoms with E-state index < -0.39 is 11.0 Å². The van der Waals surface area contributed by atoms with Gasteiger partial charge in [-0.3, -0.25) is 4.79 Å². The molecule has 21 heavy (non-hydrogen) atoms. The molecule has 0 spiro atoms. The van der Waals surface area contributed by atoms with Crippen molar-refractivity contribution in [1.82, 2.24) is 4.90 Å². The molecule has 0 radical (unpaired) electrons. The quantitative estimate of drug-likeness (QED) is 0.757. The van der Waals surface area contributed by atoms with Crippen molar-refractivity contribution in [3.8, 4) is 5.75 Å². The number of aliphatic hydroxyl groups is 1. The molecule has 1 aromatic rings. The predicted octanol–water partition coefficient (Wildman–Crippen LogP) is 1.37. The van der Waals surface area contributed by atoms with Crippen molar-refractivity contribution in [1.29, 1.82) is 0 Å². The molecule has 1 saturated heterocycles. The lowest BCUT2D eigenvalue weighted by atomic mass is 9.49. The van der Waals surface area contributed by atoms with Gasteiger partial charge in [0.1, 0.15) is 11.5 Å². The van der Waals surface area contributed by atoms with Gasteiger partial charge < -0.3 is 15.1 Å². The number of hydrogen-bond acceptors (Lipinski definition) is 4.